The molecule has 6 rings (SSSR count). The first-order valence-electron chi connectivity index (χ1n) is 22.5. The number of benzene rings is 4. The van der Waals surface area contributed by atoms with Crippen molar-refractivity contribution in [2.24, 2.45) is 0 Å². The molecule has 0 N–H and O–H groups in total. The van der Waals surface area contributed by atoms with Crippen LogP contribution in [-0.2, 0) is 61.1 Å². The van der Waals surface area contributed by atoms with Gasteiger partial charge in [0.1, 0.15) is 18.4 Å². The molecule has 0 atom stereocenters. The number of nitrogens with zero attached hydrogens (tertiary/aromatic N) is 7. The third-order valence-corrected chi connectivity index (χ3v) is 14.5. The van der Waals surface area contributed by atoms with Gasteiger partial charge in [-0.3, -0.25) is 9.59 Å². The SMILES string of the molecule is CC(=O)N(COCCCCO[N+](=O)OCCCCOCN(C(C)=O)S(=O)(=O)c1ccc(-n2nc(C(F)(F)F)cc2-c2ccc(C)cc2)cc1)S(=O)(=O)c1ccc(-n2nc(C(F)(F)F)cc2-c2ccc(C)cc2)cc1. The van der Waals surface area contributed by atoms with Crippen molar-refractivity contribution in [1.82, 2.24) is 28.2 Å². The molecule has 2 aromatic heterocycles. The first-order chi connectivity index (χ1) is 34.9. The van der Waals surface area contributed by atoms with Crippen LogP contribution in [0.25, 0.3) is 33.9 Å². The Morgan fingerprint density at radius 2 is 0.865 bits per heavy atom. The van der Waals surface area contributed by atoms with Crippen molar-refractivity contribution in [2.45, 2.75) is 75.5 Å². The van der Waals surface area contributed by atoms with E-state index in [0.29, 0.717) is 19.7 Å². The summed E-state index contributed by atoms with van der Waals surface area (Å²) in [6.45, 7) is 4.02. The number of ether oxygens (including phenoxy) is 2. The molecule has 0 spiro atoms. The van der Waals surface area contributed by atoms with E-state index in [1.165, 1.54) is 24.3 Å². The molecule has 0 saturated heterocycles. The summed E-state index contributed by atoms with van der Waals surface area (Å²) in [7, 11) is -8.93. The molecule has 2 heterocycles. The van der Waals surface area contributed by atoms with Crippen LogP contribution >= 0.6 is 0 Å². The molecule has 74 heavy (non-hydrogen) atoms. The van der Waals surface area contributed by atoms with Gasteiger partial charge in [0.05, 0.1) is 32.6 Å². The number of aromatic nitrogens is 4. The smallest absolute Gasteiger partial charge is 0.360 e. The highest BCUT2D eigenvalue weighted by atomic mass is 32.2. The molecule has 396 valence electrons. The van der Waals surface area contributed by atoms with Crippen molar-refractivity contribution in [3.8, 4) is 33.9 Å². The summed E-state index contributed by atoms with van der Waals surface area (Å²) in [5, 5.41) is 7.35. The third kappa shape index (κ3) is 14.1. The minimum absolute atomic E-state index is 0.0462. The van der Waals surface area contributed by atoms with Crippen molar-refractivity contribution >= 4 is 31.9 Å². The van der Waals surface area contributed by atoms with Gasteiger partial charge in [-0.1, -0.05) is 59.7 Å². The van der Waals surface area contributed by atoms with E-state index in [1.807, 2.05) is 13.8 Å². The van der Waals surface area contributed by atoms with Crippen LogP contribution in [0.1, 0.15) is 62.0 Å². The number of aryl methyl sites for hydroxylation is 2. The molecule has 18 nitrogen and oxygen atoms in total. The highest BCUT2D eigenvalue weighted by molar-refractivity contribution is 7.90. The maximum Gasteiger partial charge on any atom is 0.477 e. The van der Waals surface area contributed by atoms with Crippen molar-refractivity contribution < 1.29 is 77.0 Å². The van der Waals surface area contributed by atoms with Gasteiger partial charge in [0.15, 0.2) is 24.6 Å². The van der Waals surface area contributed by atoms with Crippen molar-refractivity contribution in [3.63, 3.8) is 0 Å². The van der Waals surface area contributed by atoms with E-state index in [9.17, 15) is 57.7 Å². The zero-order valence-electron chi connectivity index (χ0n) is 40.2. The van der Waals surface area contributed by atoms with Gasteiger partial charge in [-0.25, -0.2) is 34.8 Å². The molecule has 0 fully saturated rings. The largest absolute Gasteiger partial charge is 0.477 e. The summed E-state index contributed by atoms with van der Waals surface area (Å²) in [6.07, 6.45) is -8.46. The number of carbonyl (C=O) groups excluding carboxylic acids is 2. The van der Waals surface area contributed by atoms with E-state index in [-0.39, 0.29) is 89.8 Å². The summed E-state index contributed by atoms with van der Waals surface area (Å²) >= 11 is 0. The Balaban J connectivity index is 0.890. The normalized spacial score (nSPS) is 12.1. The molecule has 0 radical (unpaired) electrons. The van der Waals surface area contributed by atoms with Gasteiger partial charge < -0.3 is 9.47 Å². The predicted molar refractivity (Wildman–Crippen MR) is 253 cm³/mol. The average Bonchev–Trinajstić information content (AvgIpc) is 4.01. The molecule has 0 aliphatic heterocycles. The Bertz CT molecular complexity index is 2920. The van der Waals surface area contributed by atoms with Crippen LogP contribution in [0.3, 0.4) is 0 Å². The standard InChI is InChI=1S/C48H50F6N7O11S2/c1-33-9-13-37(14-10-33)43-29-45(47(49,50)51)55-59(43)39-17-21-41(22-18-39)73(65,66)57(35(3)62)31-69-25-5-7-27-71-61(64)72-28-8-6-26-70-32-58(36(4)63)74(67,68)42-23-19-40(20-24-42)60-44(30-46(56-60)48(52,53)54)38-15-11-34(2)12-16-38/h9-24,29-30H,5-8,25-28,31-32H2,1-4H3/q+1. The van der Waals surface area contributed by atoms with Crippen molar-refractivity contribution in [3.05, 3.63) is 137 Å². The molecular weight excluding hydrogens is 1030 g/mol. The second kappa shape index (κ2) is 23.8. The second-order valence-corrected chi connectivity index (χ2v) is 20.2. The first kappa shape index (κ1) is 56.1. The zero-order valence-corrected chi connectivity index (χ0v) is 41.8. The minimum Gasteiger partial charge on any atom is -0.360 e. The monoisotopic (exact) mass is 1080 g/mol. The highest BCUT2D eigenvalue weighted by Gasteiger charge is 2.37. The Morgan fingerprint density at radius 3 is 1.18 bits per heavy atom. The van der Waals surface area contributed by atoms with Crippen LogP contribution in [0.2, 0.25) is 0 Å². The summed E-state index contributed by atoms with van der Waals surface area (Å²) in [4.78, 5) is 46.1. The van der Waals surface area contributed by atoms with E-state index in [2.05, 4.69) is 10.2 Å². The number of alkyl halides is 6. The molecule has 0 unspecified atom stereocenters. The zero-order chi connectivity index (χ0) is 54.0. The van der Waals surface area contributed by atoms with E-state index in [1.54, 1.807) is 48.5 Å². The number of rotatable bonds is 24. The fourth-order valence-corrected chi connectivity index (χ4v) is 9.52. The van der Waals surface area contributed by atoms with Crippen molar-refractivity contribution in [1.29, 1.82) is 0 Å². The summed E-state index contributed by atoms with van der Waals surface area (Å²) in [6, 6.07) is 24.9. The molecule has 0 bridgehead atoms. The number of carbonyl (C=O) groups is 2. The van der Waals surface area contributed by atoms with Gasteiger partial charge in [0, 0.05) is 38.2 Å². The third-order valence-electron chi connectivity index (χ3n) is 10.9. The predicted octanol–water partition coefficient (Wildman–Crippen LogP) is 8.97. The van der Waals surface area contributed by atoms with E-state index < -0.39 is 69.1 Å². The summed E-state index contributed by atoms with van der Waals surface area (Å²) in [5.41, 5.74) is 0.873. The maximum atomic E-state index is 13.7. The second-order valence-electron chi connectivity index (χ2n) is 16.5. The highest BCUT2D eigenvalue weighted by Crippen LogP contribution is 2.35. The van der Waals surface area contributed by atoms with Crippen LogP contribution in [0, 0.1) is 18.8 Å². The molecule has 0 saturated carbocycles. The first-order valence-corrected chi connectivity index (χ1v) is 25.4. The van der Waals surface area contributed by atoms with E-state index >= 15 is 0 Å². The van der Waals surface area contributed by atoms with Crippen LogP contribution in [0.4, 0.5) is 26.3 Å². The van der Waals surface area contributed by atoms with Gasteiger partial charge in [0.2, 0.25) is 11.8 Å². The molecule has 0 aliphatic carbocycles. The number of hydrogen-bond donors (Lipinski definition) is 0. The number of halogens is 6. The van der Waals surface area contributed by atoms with Crippen LogP contribution in [-0.4, -0.2) is 102 Å². The van der Waals surface area contributed by atoms with Gasteiger partial charge in [-0.15, -0.1) is 0 Å². The fourth-order valence-electron chi connectivity index (χ4n) is 6.95. The van der Waals surface area contributed by atoms with Gasteiger partial charge in [0.25, 0.3) is 20.0 Å². The minimum atomic E-state index is -4.75. The maximum absolute atomic E-state index is 13.7. The average molecular weight is 1080 g/mol. The lowest BCUT2D eigenvalue weighted by atomic mass is 10.1. The number of sulfonamides is 2. The molecule has 0 aliphatic rings. The lowest BCUT2D eigenvalue weighted by Crippen LogP contribution is -2.37. The Kier molecular flexibility index (Phi) is 18.1. The van der Waals surface area contributed by atoms with E-state index in [0.717, 1.165) is 70.7 Å². The van der Waals surface area contributed by atoms with Crippen LogP contribution < -0.4 is 0 Å². The lowest BCUT2D eigenvalue weighted by molar-refractivity contribution is -0.981. The van der Waals surface area contributed by atoms with Gasteiger partial charge in [-0.2, -0.15) is 46.2 Å². The molecule has 26 heteroatoms. The van der Waals surface area contributed by atoms with Crippen LogP contribution in [0.15, 0.2) is 119 Å². The topological polar surface area (TPSA) is 202 Å². The van der Waals surface area contributed by atoms with Crippen molar-refractivity contribution in [2.75, 3.05) is 39.9 Å². The molecule has 6 aromatic rings. The molecule has 4 aromatic carbocycles. The molecule has 2 amide bonds. The van der Waals surface area contributed by atoms with E-state index in [4.69, 9.17) is 19.1 Å². The Morgan fingerprint density at radius 1 is 0.541 bits per heavy atom. The summed E-state index contributed by atoms with van der Waals surface area (Å²) in [5.74, 6) is -1.73. The number of hydrogen-bond acceptors (Lipinski definition) is 13. The Labute approximate surface area is 421 Å². The van der Waals surface area contributed by atoms with Crippen LogP contribution in [0.5, 0.6) is 0 Å². The Hall–Kier alpha value is -7.16. The summed E-state index contributed by atoms with van der Waals surface area (Å²) < 4.78 is 150. The number of amides is 2. The fraction of sp³-hybridized carbons (Fsp3) is 0.333. The number of unbranched alkanes of at least 4 members (excludes halogenated alkanes) is 2. The lowest BCUT2D eigenvalue weighted by Gasteiger charge is -2.21. The van der Waals surface area contributed by atoms with Gasteiger partial charge >= 0.3 is 17.4 Å². The molecular formula is C48H50F6N7O11S2+. The van der Waals surface area contributed by atoms with Gasteiger partial charge in [-0.05, 0) is 100 Å². The quantitative estimate of drug-likeness (QED) is 0.0241.